The molecule has 0 fully saturated rings. The number of nitrogens with one attached hydrogen (secondary N) is 1. The monoisotopic (exact) mass is 260 g/mol. The summed E-state index contributed by atoms with van der Waals surface area (Å²) in [4.78, 5) is 15.0. The van der Waals surface area contributed by atoms with E-state index < -0.39 is 5.97 Å². The summed E-state index contributed by atoms with van der Waals surface area (Å²) in [6, 6.07) is 4.83. The van der Waals surface area contributed by atoms with E-state index in [-0.39, 0.29) is 5.56 Å². The Bertz CT molecular complexity index is 552. The number of carboxylic acids is 1. The molecule has 19 heavy (non-hydrogen) atoms. The summed E-state index contributed by atoms with van der Waals surface area (Å²) >= 11 is 0. The average molecular weight is 260 g/mol. The molecular formula is C13H16N4O2. The van der Waals surface area contributed by atoms with Gasteiger partial charge in [0, 0.05) is 36.9 Å². The number of anilines is 2. The van der Waals surface area contributed by atoms with E-state index in [0.29, 0.717) is 17.9 Å². The fourth-order valence-electron chi connectivity index (χ4n) is 1.80. The number of nitrogen functional groups attached to an aromatic ring is 1. The van der Waals surface area contributed by atoms with Crippen LogP contribution in [0.1, 0.15) is 16.8 Å². The van der Waals surface area contributed by atoms with Crippen molar-refractivity contribution in [2.45, 2.75) is 13.0 Å². The molecule has 6 heteroatoms. The van der Waals surface area contributed by atoms with E-state index in [2.05, 4.69) is 10.3 Å². The van der Waals surface area contributed by atoms with Gasteiger partial charge >= 0.3 is 5.97 Å². The van der Waals surface area contributed by atoms with Crippen molar-refractivity contribution >= 4 is 17.3 Å². The Hall–Kier alpha value is -2.50. The van der Waals surface area contributed by atoms with E-state index in [1.165, 1.54) is 6.07 Å². The third-order valence-electron chi connectivity index (χ3n) is 2.74. The molecule has 0 aliphatic heterocycles. The van der Waals surface area contributed by atoms with Gasteiger partial charge in [-0.3, -0.25) is 0 Å². The van der Waals surface area contributed by atoms with Crippen LogP contribution in [0.4, 0.5) is 11.4 Å². The van der Waals surface area contributed by atoms with E-state index in [9.17, 15) is 4.79 Å². The lowest BCUT2D eigenvalue weighted by molar-refractivity contribution is 0.0698. The highest BCUT2D eigenvalue weighted by molar-refractivity contribution is 5.95. The maximum Gasteiger partial charge on any atom is 0.337 e. The molecule has 0 unspecified atom stereocenters. The molecule has 4 N–H and O–H groups in total. The number of hydrogen-bond donors (Lipinski definition) is 3. The van der Waals surface area contributed by atoms with Crippen LogP contribution in [-0.4, -0.2) is 27.2 Å². The van der Waals surface area contributed by atoms with Gasteiger partial charge in [-0.2, -0.15) is 0 Å². The molecule has 0 bridgehead atoms. The van der Waals surface area contributed by atoms with Crippen molar-refractivity contribution in [1.82, 2.24) is 9.55 Å². The van der Waals surface area contributed by atoms with Crippen LogP contribution in [0.5, 0.6) is 0 Å². The summed E-state index contributed by atoms with van der Waals surface area (Å²) in [5, 5.41) is 12.2. The highest BCUT2D eigenvalue weighted by Gasteiger charge is 2.09. The summed E-state index contributed by atoms with van der Waals surface area (Å²) in [5.74, 6) is -0.982. The first-order chi connectivity index (χ1) is 9.16. The van der Waals surface area contributed by atoms with Crippen molar-refractivity contribution in [3.63, 3.8) is 0 Å². The predicted octanol–water partition coefficient (Wildman–Crippen LogP) is 1.67. The van der Waals surface area contributed by atoms with Gasteiger partial charge in [-0.1, -0.05) is 0 Å². The predicted molar refractivity (Wildman–Crippen MR) is 73.1 cm³/mol. The minimum Gasteiger partial charge on any atom is -0.478 e. The van der Waals surface area contributed by atoms with Crippen LogP contribution in [0.3, 0.4) is 0 Å². The Kier molecular flexibility index (Phi) is 4.02. The molecule has 0 saturated carbocycles. The Morgan fingerprint density at radius 3 is 3.00 bits per heavy atom. The van der Waals surface area contributed by atoms with Crippen LogP contribution in [0.15, 0.2) is 36.9 Å². The number of aromatic nitrogens is 2. The number of rotatable bonds is 6. The maximum atomic E-state index is 11.1. The molecule has 0 aliphatic rings. The van der Waals surface area contributed by atoms with Gasteiger partial charge in [0.1, 0.15) is 0 Å². The highest BCUT2D eigenvalue weighted by atomic mass is 16.4. The zero-order chi connectivity index (χ0) is 13.7. The fraction of sp³-hybridized carbons (Fsp3) is 0.231. The van der Waals surface area contributed by atoms with Gasteiger partial charge < -0.3 is 20.7 Å². The van der Waals surface area contributed by atoms with Crippen molar-refractivity contribution in [3.05, 3.63) is 42.5 Å². The second-order valence-electron chi connectivity index (χ2n) is 4.19. The van der Waals surface area contributed by atoms with Crippen LogP contribution < -0.4 is 11.1 Å². The van der Waals surface area contributed by atoms with Crippen LogP contribution in [0.25, 0.3) is 0 Å². The number of aromatic carboxylic acids is 1. The minimum atomic E-state index is -0.982. The number of imidazole rings is 1. The van der Waals surface area contributed by atoms with Gasteiger partial charge in [0.05, 0.1) is 11.9 Å². The number of carboxylic acid groups (broad SMARTS) is 1. The second-order valence-corrected chi connectivity index (χ2v) is 4.19. The Balaban J connectivity index is 1.90. The molecule has 2 rings (SSSR count). The zero-order valence-corrected chi connectivity index (χ0v) is 10.4. The minimum absolute atomic E-state index is 0.197. The molecule has 1 aromatic heterocycles. The zero-order valence-electron chi connectivity index (χ0n) is 10.4. The molecule has 0 radical (unpaired) electrons. The maximum absolute atomic E-state index is 11.1. The molecular weight excluding hydrogens is 244 g/mol. The molecule has 0 spiro atoms. The van der Waals surface area contributed by atoms with Crippen molar-refractivity contribution in [1.29, 1.82) is 0 Å². The molecule has 1 heterocycles. The largest absolute Gasteiger partial charge is 0.478 e. The SMILES string of the molecule is Nc1ccc(NCCCn2ccnc2)c(C(=O)O)c1. The van der Waals surface area contributed by atoms with Gasteiger partial charge in [-0.25, -0.2) is 9.78 Å². The second kappa shape index (κ2) is 5.90. The Morgan fingerprint density at radius 1 is 1.47 bits per heavy atom. The smallest absolute Gasteiger partial charge is 0.337 e. The van der Waals surface area contributed by atoms with Crippen LogP contribution >= 0.6 is 0 Å². The molecule has 2 aromatic rings. The third-order valence-corrected chi connectivity index (χ3v) is 2.74. The van der Waals surface area contributed by atoms with E-state index in [0.717, 1.165) is 13.0 Å². The van der Waals surface area contributed by atoms with E-state index in [1.807, 2.05) is 10.8 Å². The first kappa shape index (κ1) is 12.9. The number of benzene rings is 1. The first-order valence-corrected chi connectivity index (χ1v) is 5.99. The third kappa shape index (κ3) is 3.48. The molecule has 0 atom stereocenters. The topological polar surface area (TPSA) is 93.2 Å². The lowest BCUT2D eigenvalue weighted by atomic mass is 10.1. The van der Waals surface area contributed by atoms with Crippen molar-refractivity contribution in [3.8, 4) is 0 Å². The van der Waals surface area contributed by atoms with Gasteiger partial charge in [0.2, 0.25) is 0 Å². The van der Waals surface area contributed by atoms with Crippen LogP contribution in [0.2, 0.25) is 0 Å². The quantitative estimate of drug-likeness (QED) is 0.542. The van der Waals surface area contributed by atoms with Crippen molar-refractivity contribution < 1.29 is 9.90 Å². The lowest BCUT2D eigenvalue weighted by Gasteiger charge is -2.10. The Labute approximate surface area is 110 Å². The number of aryl methyl sites for hydroxylation is 1. The first-order valence-electron chi connectivity index (χ1n) is 5.99. The van der Waals surface area contributed by atoms with Crippen molar-refractivity contribution in [2.75, 3.05) is 17.6 Å². The summed E-state index contributed by atoms with van der Waals surface area (Å²) < 4.78 is 1.97. The summed E-state index contributed by atoms with van der Waals surface area (Å²) in [6.07, 6.45) is 6.26. The summed E-state index contributed by atoms with van der Waals surface area (Å²) in [7, 11) is 0. The number of nitrogens with two attached hydrogens (primary N) is 1. The number of nitrogens with zero attached hydrogens (tertiary/aromatic N) is 2. The van der Waals surface area contributed by atoms with Crippen molar-refractivity contribution in [2.24, 2.45) is 0 Å². The normalized spacial score (nSPS) is 10.3. The van der Waals surface area contributed by atoms with E-state index in [4.69, 9.17) is 10.8 Å². The van der Waals surface area contributed by atoms with E-state index in [1.54, 1.807) is 24.7 Å². The van der Waals surface area contributed by atoms with Gasteiger partial charge in [-0.15, -0.1) is 0 Å². The highest BCUT2D eigenvalue weighted by Crippen LogP contribution is 2.18. The number of hydrogen-bond acceptors (Lipinski definition) is 4. The molecule has 0 aliphatic carbocycles. The van der Waals surface area contributed by atoms with Gasteiger partial charge in [0.15, 0.2) is 0 Å². The Morgan fingerprint density at radius 2 is 2.32 bits per heavy atom. The molecule has 6 nitrogen and oxygen atoms in total. The molecule has 100 valence electrons. The lowest BCUT2D eigenvalue weighted by Crippen LogP contribution is -2.10. The fourth-order valence-corrected chi connectivity index (χ4v) is 1.80. The summed E-state index contributed by atoms with van der Waals surface area (Å²) in [6.45, 7) is 1.52. The number of carbonyl (C=O) groups is 1. The molecule has 1 aromatic carbocycles. The van der Waals surface area contributed by atoms with E-state index >= 15 is 0 Å². The average Bonchev–Trinajstić information content (AvgIpc) is 2.89. The van der Waals surface area contributed by atoms with Crippen LogP contribution in [-0.2, 0) is 6.54 Å². The van der Waals surface area contributed by atoms with Crippen LogP contribution in [0, 0.1) is 0 Å². The molecule has 0 saturated heterocycles. The molecule has 0 amide bonds. The summed E-state index contributed by atoms with van der Waals surface area (Å²) in [5.41, 5.74) is 6.82. The van der Waals surface area contributed by atoms with Gasteiger partial charge in [-0.05, 0) is 24.6 Å². The standard InChI is InChI=1S/C13H16N4O2/c14-10-2-3-12(11(8-10)13(18)19)16-4-1-6-17-7-5-15-9-17/h2-3,5,7-9,16H,1,4,6,14H2,(H,18,19). The van der Waals surface area contributed by atoms with Gasteiger partial charge in [0.25, 0.3) is 0 Å².